The minimum Gasteiger partial charge on any atom is -0.507 e. The number of halogens is 1. The van der Waals surface area contributed by atoms with Crippen molar-refractivity contribution in [1.29, 1.82) is 0 Å². The van der Waals surface area contributed by atoms with Gasteiger partial charge in [-0.1, -0.05) is 11.6 Å². The number of Topliss-reactive ketones (excluding diaryl/α,β-unsaturated/α-hetero) is 1. The summed E-state index contributed by atoms with van der Waals surface area (Å²) in [5, 5.41) is 9.88. The third-order valence-electron chi connectivity index (χ3n) is 2.27. The lowest BCUT2D eigenvalue weighted by Crippen LogP contribution is -2.04. The highest BCUT2D eigenvalue weighted by Gasteiger charge is 2.12. The number of methoxy groups -OCH3 is 1. The van der Waals surface area contributed by atoms with Crippen LogP contribution < -0.4 is 0 Å². The average Bonchev–Trinajstić information content (AvgIpc) is 2.31. The highest BCUT2D eigenvalue weighted by Crippen LogP contribution is 2.23. The highest BCUT2D eigenvalue weighted by atomic mass is 35.5. The van der Waals surface area contributed by atoms with Gasteiger partial charge in [0.25, 0.3) is 0 Å². The molecule has 17 heavy (non-hydrogen) atoms. The molecule has 1 rings (SSSR count). The van der Waals surface area contributed by atoms with E-state index in [-0.39, 0.29) is 35.9 Å². The first kappa shape index (κ1) is 13.5. The second-order valence-corrected chi connectivity index (χ2v) is 3.95. The van der Waals surface area contributed by atoms with Gasteiger partial charge >= 0.3 is 5.97 Å². The first-order valence-corrected chi connectivity index (χ1v) is 5.51. The Kier molecular flexibility index (Phi) is 4.97. The monoisotopic (exact) mass is 256 g/mol. The Labute approximate surface area is 104 Å². The van der Waals surface area contributed by atoms with E-state index in [2.05, 4.69) is 4.74 Å². The number of hydrogen-bond acceptors (Lipinski definition) is 4. The molecule has 0 aliphatic carbocycles. The number of ketones is 1. The van der Waals surface area contributed by atoms with Crippen LogP contribution in [0, 0.1) is 0 Å². The third-order valence-corrected chi connectivity index (χ3v) is 2.51. The normalized spacial score (nSPS) is 10.0. The summed E-state index contributed by atoms with van der Waals surface area (Å²) >= 11 is 5.73. The van der Waals surface area contributed by atoms with Crippen molar-refractivity contribution in [1.82, 2.24) is 0 Å². The number of esters is 1. The molecule has 5 heteroatoms. The summed E-state index contributed by atoms with van der Waals surface area (Å²) in [6.07, 6.45) is 0.740. The molecule has 0 aliphatic rings. The summed E-state index contributed by atoms with van der Waals surface area (Å²) < 4.78 is 4.46. The van der Waals surface area contributed by atoms with Gasteiger partial charge in [-0.25, -0.2) is 0 Å². The van der Waals surface area contributed by atoms with Crippen molar-refractivity contribution < 1.29 is 19.4 Å². The Morgan fingerprint density at radius 3 is 2.71 bits per heavy atom. The van der Waals surface area contributed by atoms with Crippen LogP contribution in [-0.2, 0) is 9.53 Å². The summed E-state index contributed by atoms with van der Waals surface area (Å²) in [5.74, 6) is -0.695. The Morgan fingerprint density at radius 1 is 1.35 bits per heavy atom. The van der Waals surface area contributed by atoms with Crippen LogP contribution in [0.5, 0.6) is 5.75 Å². The maximum absolute atomic E-state index is 11.7. The van der Waals surface area contributed by atoms with E-state index in [1.807, 2.05) is 0 Å². The standard InChI is InChI=1S/C12H13ClO4/c1-17-12(16)4-2-3-10(14)9-7-8(13)5-6-11(9)15/h5-7,15H,2-4H2,1H3. The molecule has 0 atom stereocenters. The maximum atomic E-state index is 11.7. The molecule has 0 aliphatic heterocycles. The lowest BCUT2D eigenvalue weighted by atomic mass is 10.0. The maximum Gasteiger partial charge on any atom is 0.305 e. The van der Waals surface area contributed by atoms with Crippen LogP contribution in [0.2, 0.25) is 5.02 Å². The number of benzene rings is 1. The Hall–Kier alpha value is -1.55. The zero-order valence-electron chi connectivity index (χ0n) is 9.40. The third kappa shape index (κ3) is 4.07. The first-order valence-electron chi connectivity index (χ1n) is 5.13. The van der Waals surface area contributed by atoms with E-state index in [1.165, 1.54) is 25.3 Å². The van der Waals surface area contributed by atoms with Gasteiger partial charge in [-0.05, 0) is 24.6 Å². The van der Waals surface area contributed by atoms with Gasteiger partial charge in [0.1, 0.15) is 5.75 Å². The Bertz CT molecular complexity index is 429. The fourth-order valence-electron chi connectivity index (χ4n) is 1.36. The van der Waals surface area contributed by atoms with E-state index >= 15 is 0 Å². The smallest absolute Gasteiger partial charge is 0.305 e. The predicted octanol–water partition coefficient (Wildman–Crippen LogP) is 2.57. The zero-order chi connectivity index (χ0) is 12.8. The van der Waals surface area contributed by atoms with Gasteiger partial charge in [0.05, 0.1) is 12.7 Å². The van der Waals surface area contributed by atoms with Gasteiger partial charge in [0.15, 0.2) is 5.78 Å². The summed E-state index contributed by atoms with van der Waals surface area (Å²) in [6.45, 7) is 0. The van der Waals surface area contributed by atoms with Gasteiger partial charge < -0.3 is 9.84 Å². The Balaban J connectivity index is 2.58. The van der Waals surface area contributed by atoms with Crippen LogP contribution in [0.3, 0.4) is 0 Å². The van der Waals surface area contributed by atoms with Crippen LogP contribution in [-0.4, -0.2) is 24.0 Å². The fourth-order valence-corrected chi connectivity index (χ4v) is 1.53. The summed E-state index contributed by atoms with van der Waals surface area (Å²) in [6, 6.07) is 4.29. The van der Waals surface area contributed by atoms with E-state index in [1.54, 1.807) is 0 Å². The predicted molar refractivity (Wildman–Crippen MR) is 63.3 cm³/mol. The van der Waals surface area contributed by atoms with Crippen LogP contribution in [0.1, 0.15) is 29.6 Å². The number of phenolic OH excluding ortho intramolecular Hbond substituents is 1. The summed E-state index contributed by atoms with van der Waals surface area (Å²) in [7, 11) is 1.30. The molecule has 0 bridgehead atoms. The number of phenols is 1. The van der Waals surface area contributed by atoms with Gasteiger partial charge in [0.2, 0.25) is 0 Å². The quantitative estimate of drug-likeness (QED) is 0.650. The SMILES string of the molecule is COC(=O)CCCC(=O)c1cc(Cl)ccc1O. The van der Waals surface area contributed by atoms with Gasteiger partial charge in [-0.3, -0.25) is 9.59 Å². The first-order chi connectivity index (χ1) is 8.04. The fraction of sp³-hybridized carbons (Fsp3) is 0.333. The molecule has 4 nitrogen and oxygen atoms in total. The average molecular weight is 257 g/mol. The molecule has 0 heterocycles. The highest BCUT2D eigenvalue weighted by molar-refractivity contribution is 6.31. The van der Waals surface area contributed by atoms with Crippen LogP contribution >= 0.6 is 11.6 Å². The molecule has 1 aromatic rings. The van der Waals surface area contributed by atoms with Crippen molar-refractivity contribution in [2.45, 2.75) is 19.3 Å². The number of carbonyl (C=O) groups is 2. The van der Waals surface area contributed by atoms with E-state index in [9.17, 15) is 14.7 Å². The van der Waals surface area contributed by atoms with Crippen molar-refractivity contribution in [3.63, 3.8) is 0 Å². The van der Waals surface area contributed by atoms with E-state index in [4.69, 9.17) is 11.6 Å². The molecule has 92 valence electrons. The number of hydrogen-bond donors (Lipinski definition) is 1. The minimum atomic E-state index is -0.354. The van der Waals surface area contributed by atoms with Gasteiger partial charge in [0, 0.05) is 17.9 Å². The number of rotatable bonds is 5. The second-order valence-electron chi connectivity index (χ2n) is 3.51. The van der Waals surface area contributed by atoms with Crippen molar-refractivity contribution >= 4 is 23.4 Å². The van der Waals surface area contributed by atoms with Crippen LogP contribution in [0.4, 0.5) is 0 Å². The molecule has 0 radical (unpaired) electrons. The topological polar surface area (TPSA) is 63.6 Å². The molecule has 0 spiro atoms. The van der Waals surface area contributed by atoms with Crippen molar-refractivity contribution in [3.8, 4) is 5.75 Å². The molecule has 0 saturated heterocycles. The van der Waals surface area contributed by atoms with Crippen molar-refractivity contribution in [2.24, 2.45) is 0 Å². The van der Waals surface area contributed by atoms with E-state index in [0.717, 1.165) is 0 Å². The van der Waals surface area contributed by atoms with Crippen molar-refractivity contribution in [2.75, 3.05) is 7.11 Å². The largest absolute Gasteiger partial charge is 0.507 e. The van der Waals surface area contributed by atoms with Crippen LogP contribution in [0.15, 0.2) is 18.2 Å². The van der Waals surface area contributed by atoms with Crippen molar-refractivity contribution in [3.05, 3.63) is 28.8 Å². The molecule has 0 fully saturated rings. The number of aromatic hydroxyl groups is 1. The number of ether oxygens (including phenoxy) is 1. The van der Waals surface area contributed by atoms with E-state index in [0.29, 0.717) is 11.4 Å². The molecular formula is C12H13ClO4. The van der Waals surface area contributed by atoms with E-state index < -0.39 is 0 Å². The molecule has 0 aromatic heterocycles. The lowest BCUT2D eigenvalue weighted by Gasteiger charge is -2.04. The Morgan fingerprint density at radius 2 is 2.06 bits per heavy atom. The molecule has 0 unspecified atom stereocenters. The molecule has 1 N–H and O–H groups in total. The lowest BCUT2D eigenvalue weighted by molar-refractivity contribution is -0.140. The molecule has 0 saturated carbocycles. The zero-order valence-corrected chi connectivity index (χ0v) is 10.2. The van der Waals surface area contributed by atoms with Crippen LogP contribution in [0.25, 0.3) is 0 Å². The molecular weight excluding hydrogens is 244 g/mol. The van der Waals surface area contributed by atoms with Gasteiger partial charge in [-0.15, -0.1) is 0 Å². The van der Waals surface area contributed by atoms with Gasteiger partial charge in [-0.2, -0.15) is 0 Å². The second kappa shape index (κ2) is 6.25. The number of carbonyl (C=O) groups excluding carboxylic acids is 2. The summed E-state index contributed by atoms with van der Waals surface area (Å²) in [5.41, 5.74) is 0.183. The minimum absolute atomic E-state index is 0.0996. The molecule has 1 aromatic carbocycles. The molecule has 0 amide bonds. The summed E-state index contributed by atoms with van der Waals surface area (Å²) in [4.78, 5) is 22.6.